The van der Waals surface area contributed by atoms with E-state index < -0.39 is 5.75 Å². The Morgan fingerprint density at radius 1 is 1.16 bits per heavy atom. The molecule has 0 saturated carbocycles. The van der Waals surface area contributed by atoms with Gasteiger partial charge in [-0.15, -0.1) is 0 Å². The number of hydrogen-bond acceptors (Lipinski definition) is 5. The van der Waals surface area contributed by atoms with Gasteiger partial charge in [0.05, 0.1) is 12.5 Å². The van der Waals surface area contributed by atoms with Gasteiger partial charge >= 0.3 is 0 Å². The second-order valence-corrected chi connectivity index (χ2v) is 4.36. The van der Waals surface area contributed by atoms with E-state index in [4.69, 9.17) is 4.74 Å². The van der Waals surface area contributed by atoms with Crippen LogP contribution in [0, 0.1) is 0 Å². The topological polar surface area (TPSA) is 87.0 Å². The van der Waals surface area contributed by atoms with E-state index in [0.29, 0.717) is 16.7 Å². The molecule has 100 valence electrons. The second kappa shape index (κ2) is 4.68. The van der Waals surface area contributed by atoms with Gasteiger partial charge in [-0.05, 0) is 24.4 Å². The number of benzene rings is 2. The van der Waals surface area contributed by atoms with Gasteiger partial charge in [-0.1, -0.05) is 0 Å². The Kier molecular flexibility index (Phi) is 3.21. The highest BCUT2D eigenvalue weighted by molar-refractivity contribution is 5.98. The molecule has 0 saturated heterocycles. The molecule has 5 heteroatoms. The number of fused-ring (bicyclic) bond motifs is 1. The number of Topliss-reactive ketones (excluding diaryl/α,β-unsaturated/α-hetero) is 1. The van der Waals surface area contributed by atoms with Gasteiger partial charge in [-0.3, -0.25) is 4.79 Å². The largest absolute Gasteiger partial charge is 0.507 e. The van der Waals surface area contributed by atoms with Gasteiger partial charge in [-0.2, -0.15) is 0 Å². The maximum Gasteiger partial charge on any atom is 0.169 e. The highest BCUT2D eigenvalue weighted by Gasteiger charge is 2.16. The molecule has 0 aliphatic carbocycles. The van der Waals surface area contributed by atoms with E-state index in [9.17, 15) is 20.1 Å². The maximum atomic E-state index is 11.1. The SMILES string of the molecule is COc1cc(O)c2c(O)c(O)c(CC(C)=O)cc2c1. The lowest BCUT2D eigenvalue weighted by atomic mass is 10.0. The highest BCUT2D eigenvalue weighted by atomic mass is 16.5. The third-order valence-corrected chi connectivity index (χ3v) is 2.89. The lowest BCUT2D eigenvalue weighted by Gasteiger charge is -2.11. The molecule has 2 aromatic carbocycles. The normalized spacial score (nSPS) is 10.6. The molecule has 5 nitrogen and oxygen atoms in total. The van der Waals surface area contributed by atoms with Gasteiger partial charge in [0.1, 0.15) is 17.3 Å². The number of ketones is 1. The Bertz CT molecular complexity index is 661. The number of hydrogen-bond donors (Lipinski definition) is 3. The molecular formula is C14H14O5. The summed E-state index contributed by atoms with van der Waals surface area (Å²) in [4.78, 5) is 11.1. The molecule has 2 aromatic rings. The molecule has 0 aliphatic rings. The first-order chi connectivity index (χ1) is 8.93. The van der Waals surface area contributed by atoms with E-state index in [1.807, 2.05) is 0 Å². The van der Waals surface area contributed by atoms with Crippen molar-refractivity contribution >= 4 is 16.6 Å². The van der Waals surface area contributed by atoms with Crippen molar-refractivity contribution in [2.45, 2.75) is 13.3 Å². The third kappa shape index (κ3) is 2.27. The minimum absolute atomic E-state index is 0.00725. The molecule has 0 heterocycles. The Morgan fingerprint density at radius 2 is 1.84 bits per heavy atom. The average molecular weight is 262 g/mol. The predicted octanol–water partition coefficient (Wildman–Crippen LogP) is 2.10. The molecule has 3 N–H and O–H groups in total. The molecule has 0 radical (unpaired) electrons. The first-order valence-corrected chi connectivity index (χ1v) is 5.68. The number of phenols is 3. The smallest absolute Gasteiger partial charge is 0.169 e. The number of rotatable bonds is 3. The van der Waals surface area contributed by atoms with Crippen LogP contribution in [0.5, 0.6) is 23.0 Å². The Labute approximate surface area is 109 Å². The number of aromatic hydroxyl groups is 3. The van der Waals surface area contributed by atoms with Crippen molar-refractivity contribution in [1.29, 1.82) is 0 Å². The number of phenolic OH excluding ortho intramolecular Hbond substituents is 3. The van der Waals surface area contributed by atoms with Crippen molar-refractivity contribution in [1.82, 2.24) is 0 Å². The Hall–Kier alpha value is -2.43. The second-order valence-electron chi connectivity index (χ2n) is 4.36. The Morgan fingerprint density at radius 3 is 2.42 bits per heavy atom. The van der Waals surface area contributed by atoms with Crippen molar-refractivity contribution < 1.29 is 24.9 Å². The van der Waals surface area contributed by atoms with Crippen molar-refractivity contribution in [2.24, 2.45) is 0 Å². The van der Waals surface area contributed by atoms with Crippen molar-refractivity contribution in [3.8, 4) is 23.0 Å². The number of carbonyl (C=O) groups excluding carboxylic acids is 1. The minimum Gasteiger partial charge on any atom is -0.507 e. The third-order valence-electron chi connectivity index (χ3n) is 2.89. The molecule has 0 spiro atoms. The standard InChI is InChI=1S/C14H14O5/c1-7(15)3-9-4-8-5-10(19-2)6-11(16)12(8)14(18)13(9)17/h4-6,16-18H,3H2,1-2H3. The van der Waals surface area contributed by atoms with E-state index in [-0.39, 0.29) is 29.1 Å². The zero-order valence-corrected chi connectivity index (χ0v) is 10.6. The lowest BCUT2D eigenvalue weighted by molar-refractivity contribution is -0.116. The first-order valence-electron chi connectivity index (χ1n) is 5.68. The Balaban J connectivity index is 2.76. The monoisotopic (exact) mass is 262 g/mol. The molecule has 0 fully saturated rings. The number of methoxy groups -OCH3 is 1. The number of ether oxygens (including phenoxy) is 1. The van der Waals surface area contributed by atoms with Crippen LogP contribution >= 0.6 is 0 Å². The van der Waals surface area contributed by atoms with Crippen LogP contribution in [0.25, 0.3) is 10.8 Å². The van der Waals surface area contributed by atoms with Gasteiger partial charge < -0.3 is 20.1 Å². The fourth-order valence-electron chi connectivity index (χ4n) is 2.04. The molecule has 0 bridgehead atoms. The van der Waals surface area contributed by atoms with E-state index in [0.717, 1.165) is 0 Å². The van der Waals surface area contributed by atoms with Gasteiger partial charge in [-0.25, -0.2) is 0 Å². The molecule has 19 heavy (non-hydrogen) atoms. The molecule has 0 atom stereocenters. The summed E-state index contributed by atoms with van der Waals surface area (Å²) in [5.74, 6) is -0.737. The van der Waals surface area contributed by atoms with Crippen LogP contribution in [0.15, 0.2) is 18.2 Å². The molecule has 0 unspecified atom stereocenters. The zero-order chi connectivity index (χ0) is 14.2. The van der Waals surface area contributed by atoms with Crippen LogP contribution in [0.4, 0.5) is 0 Å². The molecular weight excluding hydrogens is 248 g/mol. The summed E-state index contributed by atoms with van der Waals surface area (Å²) >= 11 is 0. The molecule has 0 amide bonds. The van der Waals surface area contributed by atoms with Gasteiger partial charge in [0, 0.05) is 18.1 Å². The van der Waals surface area contributed by atoms with E-state index in [1.54, 1.807) is 12.1 Å². The van der Waals surface area contributed by atoms with E-state index in [1.165, 1.54) is 20.1 Å². The average Bonchev–Trinajstić information content (AvgIpc) is 2.34. The summed E-state index contributed by atoms with van der Waals surface area (Å²) in [6, 6.07) is 4.50. The van der Waals surface area contributed by atoms with E-state index >= 15 is 0 Å². The van der Waals surface area contributed by atoms with E-state index in [2.05, 4.69) is 0 Å². The van der Waals surface area contributed by atoms with Crippen molar-refractivity contribution in [3.05, 3.63) is 23.8 Å². The molecule has 2 rings (SSSR count). The lowest BCUT2D eigenvalue weighted by Crippen LogP contribution is -1.97. The van der Waals surface area contributed by atoms with Crippen molar-refractivity contribution in [2.75, 3.05) is 7.11 Å². The molecule has 0 aliphatic heterocycles. The number of carbonyl (C=O) groups is 1. The first kappa shape index (κ1) is 13.0. The van der Waals surface area contributed by atoms with Crippen LogP contribution in [0.1, 0.15) is 12.5 Å². The zero-order valence-electron chi connectivity index (χ0n) is 10.6. The summed E-state index contributed by atoms with van der Waals surface area (Å²) in [6.07, 6.45) is 0.00725. The summed E-state index contributed by atoms with van der Waals surface area (Å²) < 4.78 is 5.02. The van der Waals surface area contributed by atoms with Crippen LogP contribution < -0.4 is 4.74 Å². The van der Waals surface area contributed by atoms with Gasteiger partial charge in [0.25, 0.3) is 0 Å². The fourth-order valence-corrected chi connectivity index (χ4v) is 2.04. The van der Waals surface area contributed by atoms with Crippen LogP contribution in [-0.4, -0.2) is 28.2 Å². The fraction of sp³-hybridized carbons (Fsp3) is 0.214. The summed E-state index contributed by atoms with van der Waals surface area (Å²) in [7, 11) is 1.46. The summed E-state index contributed by atoms with van der Waals surface area (Å²) in [6.45, 7) is 1.39. The maximum absolute atomic E-state index is 11.1. The van der Waals surface area contributed by atoms with Crippen LogP contribution in [0.3, 0.4) is 0 Å². The van der Waals surface area contributed by atoms with Crippen LogP contribution in [0.2, 0.25) is 0 Å². The van der Waals surface area contributed by atoms with Gasteiger partial charge in [0.2, 0.25) is 0 Å². The van der Waals surface area contributed by atoms with Crippen molar-refractivity contribution in [3.63, 3.8) is 0 Å². The quantitative estimate of drug-likeness (QED) is 0.737. The minimum atomic E-state index is -0.436. The van der Waals surface area contributed by atoms with Gasteiger partial charge in [0.15, 0.2) is 11.5 Å². The molecule has 0 aromatic heterocycles. The predicted molar refractivity (Wildman–Crippen MR) is 69.9 cm³/mol. The summed E-state index contributed by atoms with van der Waals surface area (Å²) in [5, 5.41) is 30.2. The van der Waals surface area contributed by atoms with Crippen LogP contribution in [-0.2, 0) is 11.2 Å². The highest BCUT2D eigenvalue weighted by Crippen LogP contribution is 2.43. The summed E-state index contributed by atoms with van der Waals surface area (Å²) in [5.41, 5.74) is 0.310.